The van der Waals surface area contributed by atoms with Crippen LogP contribution in [0.5, 0.6) is 0 Å². The van der Waals surface area contributed by atoms with Gasteiger partial charge < -0.3 is 14.7 Å². The molecular formula is C23H24FN5O2. The number of anilines is 1. The van der Waals surface area contributed by atoms with Crippen molar-refractivity contribution < 1.29 is 13.7 Å². The van der Waals surface area contributed by atoms with E-state index in [2.05, 4.69) is 15.5 Å². The molecule has 3 aromatic rings. The first-order valence-electron chi connectivity index (χ1n) is 10.7. The van der Waals surface area contributed by atoms with Crippen molar-refractivity contribution in [3.8, 4) is 11.5 Å². The number of amides is 2. The highest BCUT2D eigenvalue weighted by Crippen LogP contribution is 2.46. The molecule has 1 aliphatic carbocycles. The predicted octanol–water partition coefficient (Wildman–Crippen LogP) is 4.64. The average Bonchev–Trinajstić information content (AvgIpc) is 3.46. The Bertz CT molecular complexity index is 1070. The molecule has 1 aromatic carbocycles. The lowest BCUT2D eigenvalue weighted by Crippen LogP contribution is -2.50. The third-order valence-corrected chi connectivity index (χ3v) is 6.16. The van der Waals surface area contributed by atoms with Gasteiger partial charge in [-0.25, -0.2) is 9.18 Å². The Morgan fingerprint density at radius 2 is 2.13 bits per heavy atom. The number of para-hydroxylation sites is 1. The number of urea groups is 1. The molecule has 1 N–H and O–H groups in total. The molecule has 2 fully saturated rings. The predicted molar refractivity (Wildman–Crippen MR) is 113 cm³/mol. The van der Waals surface area contributed by atoms with Gasteiger partial charge in [-0.2, -0.15) is 4.98 Å². The van der Waals surface area contributed by atoms with Crippen LogP contribution < -0.4 is 5.32 Å². The van der Waals surface area contributed by atoms with Gasteiger partial charge in [-0.1, -0.05) is 30.1 Å². The Morgan fingerprint density at radius 1 is 1.26 bits per heavy atom. The third kappa shape index (κ3) is 4.15. The smallest absolute Gasteiger partial charge is 0.321 e. The largest absolute Gasteiger partial charge is 0.334 e. The number of hydrogen-bond donors (Lipinski definition) is 1. The molecule has 2 aromatic heterocycles. The van der Waals surface area contributed by atoms with E-state index in [4.69, 9.17) is 9.51 Å². The van der Waals surface area contributed by atoms with Gasteiger partial charge in [0.15, 0.2) is 5.82 Å². The Hall–Kier alpha value is -3.29. The molecule has 0 radical (unpaired) electrons. The van der Waals surface area contributed by atoms with Gasteiger partial charge in [-0.15, -0.1) is 0 Å². The van der Waals surface area contributed by atoms with E-state index in [1.165, 1.54) is 18.9 Å². The zero-order valence-corrected chi connectivity index (χ0v) is 17.1. The molecule has 1 aliphatic heterocycles. The molecule has 31 heavy (non-hydrogen) atoms. The second kappa shape index (κ2) is 8.09. The van der Waals surface area contributed by atoms with Gasteiger partial charge >= 0.3 is 6.03 Å². The van der Waals surface area contributed by atoms with Gasteiger partial charge in [0.2, 0.25) is 0 Å². The number of likely N-dealkylation sites (tertiary alicyclic amines) is 1. The molecule has 160 valence electrons. The number of hydrogen-bond acceptors (Lipinski definition) is 5. The van der Waals surface area contributed by atoms with Crippen LogP contribution >= 0.6 is 0 Å². The maximum atomic E-state index is 14.0. The lowest BCUT2D eigenvalue weighted by Gasteiger charge is -2.41. The molecule has 0 bridgehead atoms. The number of nitrogens with zero attached hydrogens (tertiary/aromatic N) is 4. The molecule has 8 heteroatoms. The summed E-state index contributed by atoms with van der Waals surface area (Å²) >= 11 is 0. The van der Waals surface area contributed by atoms with E-state index in [0.717, 1.165) is 24.8 Å². The fraction of sp³-hybridized carbons (Fsp3) is 0.391. The quantitative estimate of drug-likeness (QED) is 0.649. The molecule has 5 rings (SSSR count). The van der Waals surface area contributed by atoms with Crippen molar-refractivity contribution in [2.45, 2.75) is 37.5 Å². The van der Waals surface area contributed by atoms with Gasteiger partial charge in [0, 0.05) is 25.5 Å². The molecule has 7 nitrogen and oxygen atoms in total. The molecule has 1 atom stereocenters. The maximum absolute atomic E-state index is 14.0. The van der Waals surface area contributed by atoms with E-state index in [-0.39, 0.29) is 17.1 Å². The van der Waals surface area contributed by atoms with E-state index in [0.29, 0.717) is 30.7 Å². The maximum Gasteiger partial charge on any atom is 0.321 e. The molecule has 0 spiro atoms. The van der Waals surface area contributed by atoms with Crippen LogP contribution in [0.25, 0.3) is 11.5 Å². The van der Waals surface area contributed by atoms with E-state index >= 15 is 0 Å². The van der Waals surface area contributed by atoms with Gasteiger partial charge in [0.05, 0.1) is 16.7 Å². The van der Waals surface area contributed by atoms with E-state index in [1.807, 2.05) is 12.1 Å². The highest BCUT2D eigenvalue weighted by atomic mass is 19.1. The number of rotatable bonds is 5. The Labute approximate surface area is 179 Å². The van der Waals surface area contributed by atoms with Crippen molar-refractivity contribution in [1.29, 1.82) is 0 Å². The van der Waals surface area contributed by atoms with Crippen LogP contribution in [0, 0.1) is 11.7 Å². The first kappa shape index (κ1) is 19.7. The monoisotopic (exact) mass is 421 g/mol. The molecule has 1 saturated heterocycles. The first-order chi connectivity index (χ1) is 15.1. The van der Waals surface area contributed by atoms with Crippen molar-refractivity contribution in [2.75, 3.05) is 18.4 Å². The van der Waals surface area contributed by atoms with E-state index in [1.54, 1.807) is 35.5 Å². The number of nitrogens with one attached hydrogen (secondary N) is 1. The highest BCUT2D eigenvalue weighted by molar-refractivity contribution is 5.89. The van der Waals surface area contributed by atoms with Crippen molar-refractivity contribution in [1.82, 2.24) is 20.0 Å². The van der Waals surface area contributed by atoms with Crippen LogP contribution in [0.1, 0.15) is 37.9 Å². The van der Waals surface area contributed by atoms with Gasteiger partial charge in [0.1, 0.15) is 5.82 Å². The lowest BCUT2D eigenvalue weighted by atomic mass is 9.75. The summed E-state index contributed by atoms with van der Waals surface area (Å²) in [6.07, 6.45) is 8.41. The fourth-order valence-electron chi connectivity index (χ4n) is 4.42. The summed E-state index contributed by atoms with van der Waals surface area (Å²) in [6.45, 7) is 1.09. The van der Waals surface area contributed by atoms with Gasteiger partial charge in [0.25, 0.3) is 5.89 Å². The summed E-state index contributed by atoms with van der Waals surface area (Å²) in [4.78, 5) is 23.5. The zero-order valence-electron chi connectivity index (χ0n) is 17.1. The zero-order chi connectivity index (χ0) is 21.3. The van der Waals surface area contributed by atoms with Crippen LogP contribution in [0.4, 0.5) is 14.9 Å². The molecule has 1 unspecified atom stereocenters. The van der Waals surface area contributed by atoms with Crippen molar-refractivity contribution in [2.24, 2.45) is 5.92 Å². The minimum atomic E-state index is -0.448. The number of halogens is 1. The lowest BCUT2D eigenvalue weighted by molar-refractivity contribution is 0.143. The summed E-state index contributed by atoms with van der Waals surface area (Å²) in [5, 5.41) is 7.04. The number of carbonyl (C=O) groups is 1. The SMILES string of the molecule is O=C(Nc1ccccc1F)N1CCCC(CC2CC2)(c2noc(-c3cccnc3)n2)C1. The van der Waals surface area contributed by atoms with E-state index < -0.39 is 5.82 Å². The van der Waals surface area contributed by atoms with Crippen LogP contribution in [0.2, 0.25) is 0 Å². The number of benzene rings is 1. The minimum Gasteiger partial charge on any atom is -0.334 e. The van der Waals surface area contributed by atoms with Crippen molar-refractivity contribution in [3.05, 3.63) is 60.4 Å². The second-order valence-corrected chi connectivity index (χ2v) is 8.53. The number of aromatic nitrogens is 3. The Kier molecular flexibility index (Phi) is 5.13. The molecule has 2 amide bonds. The van der Waals surface area contributed by atoms with Crippen LogP contribution in [-0.2, 0) is 5.41 Å². The van der Waals surface area contributed by atoms with Gasteiger partial charge in [-0.3, -0.25) is 4.98 Å². The summed E-state index contributed by atoms with van der Waals surface area (Å²) in [6, 6.07) is 9.60. The Balaban J connectivity index is 1.40. The van der Waals surface area contributed by atoms with Crippen LogP contribution in [0.3, 0.4) is 0 Å². The summed E-state index contributed by atoms with van der Waals surface area (Å²) in [5.74, 6) is 1.25. The van der Waals surface area contributed by atoms with Crippen molar-refractivity contribution in [3.63, 3.8) is 0 Å². The summed E-state index contributed by atoms with van der Waals surface area (Å²) < 4.78 is 19.6. The fourth-order valence-corrected chi connectivity index (χ4v) is 4.42. The number of piperidine rings is 1. The van der Waals surface area contributed by atoms with Crippen LogP contribution in [-0.4, -0.2) is 39.1 Å². The topological polar surface area (TPSA) is 84.2 Å². The van der Waals surface area contributed by atoms with Crippen molar-refractivity contribution >= 4 is 11.7 Å². The second-order valence-electron chi connectivity index (χ2n) is 8.53. The summed E-state index contributed by atoms with van der Waals surface area (Å²) in [5.41, 5.74) is 0.590. The summed E-state index contributed by atoms with van der Waals surface area (Å²) in [7, 11) is 0. The first-order valence-corrected chi connectivity index (χ1v) is 10.7. The number of carbonyl (C=O) groups excluding carboxylic acids is 1. The Morgan fingerprint density at radius 3 is 2.90 bits per heavy atom. The van der Waals surface area contributed by atoms with Gasteiger partial charge in [-0.05, 0) is 49.4 Å². The minimum absolute atomic E-state index is 0.185. The molecule has 1 saturated carbocycles. The molecule has 2 aliphatic rings. The third-order valence-electron chi connectivity index (χ3n) is 6.16. The highest BCUT2D eigenvalue weighted by Gasteiger charge is 2.46. The standard InChI is InChI=1S/C23H24FN5O2/c24-18-6-1-2-7-19(18)26-22(30)29-12-4-10-23(15-29,13-16-8-9-16)21-27-20(31-28-21)17-5-3-11-25-14-17/h1-3,5-7,11,14,16H,4,8-10,12-13,15H2,(H,26,30). The normalized spacial score (nSPS) is 21.1. The molecular weight excluding hydrogens is 397 g/mol. The van der Waals surface area contributed by atoms with Crippen LogP contribution in [0.15, 0.2) is 53.3 Å². The molecule has 3 heterocycles. The number of pyridine rings is 1. The van der Waals surface area contributed by atoms with E-state index in [9.17, 15) is 9.18 Å². The average molecular weight is 421 g/mol.